The van der Waals surface area contributed by atoms with E-state index in [9.17, 15) is 0 Å². The average molecular weight is 307 g/mol. The molecule has 0 atom stereocenters. The number of nitrogens with zero attached hydrogens (tertiary/aromatic N) is 2. The molecule has 0 saturated heterocycles. The molecule has 94 valence electrons. The smallest absolute Gasteiger partial charge is 0.224 e. The zero-order chi connectivity index (χ0) is 12.8. The van der Waals surface area contributed by atoms with Gasteiger partial charge in [0.1, 0.15) is 5.82 Å². The van der Waals surface area contributed by atoms with E-state index in [0.717, 1.165) is 23.4 Å². The molecular weight excluding hydrogens is 292 g/mol. The Balaban J connectivity index is 2.02. The zero-order valence-electron chi connectivity index (χ0n) is 10.2. The van der Waals surface area contributed by atoms with Crippen molar-refractivity contribution in [1.82, 2.24) is 9.97 Å². The zero-order valence-corrected chi connectivity index (χ0v) is 11.7. The monoisotopic (exact) mass is 306 g/mol. The average Bonchev–Trinajstić information content (AvgIpc) is 2.39. The van der Waals surface area contributed by atoms with E-state index in [2.05, 4.69) is 42.6 Å². The summed E-state index contributed by atoms with van der Waals surface area (Å²) < 4.78 is 1.10. The van der Waals surface area contributed by atoms with Gasteiger partial charge in [-0.3, -0.25) is 0 Å². The van der Waals surface area contributed by atoms with Crippen LogP contribution in [0.2, 0.25) is 0 Å². The van der Waals surface area contributed by atoms with Crippen LogP contribution in [-0.4, -0.2) is 16.5 Å². The molecule has 1 aromatic carbocycles. The van der Waals surface area contributed by atoms with E-state index in [1.807, 2.05) is 31.2 Å². The molecule has 1 heterocycles. The second-order valence-corrected chi connectivity index (χ2v) is 4.60. The number of benzene rings is 1. The minimum Gasteiger partial charge on any atom is -0.366 e. The van der Waals surface area contributed by atoms with Crippen molar-refractivity contribution in [3.05, 3.63) is 46.6 Å². The normalized spacial score (nSPS) is 10.1. The molecule has 1 aromatic heterocycles. The van der Waals surface area contributed by atoms with E-state index in [0.29, 0.717) is 5.95 Å². The Bertz CT molecular complexity index is 516. The van der Waals surface area contributed by atoms with Gasteiger partial charge in [-0.2, -0.15) is 4.98 Å². The van der Waals surface area contributed by atoms with E-state index in [1.165, 1.54) is 5.56 Å². The molecule has 5 heteroatoms. The van der Waals surface area contributed by atoms with Gasteiger partial charge in [0.05, 0.1) is 0 Å². The molecule has 0 spiro atoms. The molecule has 0 aliphatic rings. The lowest BCUT2D eigenvalue weighted by atomic mass is 10.2. The van der Waals surface area contributed by atoms with Crippen molar-refractivity contribution in [2.45, 2.75) is 13.5 Å². The van der Waals surface area contributed by atoms with Crippen molar-refractivity contribution >= 4 is 27.7 Å². The molecule has 2 rings (SSSR count). The Morgan fingerprint density at radius 2 is 2.00 bits per heavy atom. The van der Waals surface area contributed by atoms with Gasteiger partial charge in [0, 0.05) is 23.8 Å². The Morgan fingerprint density at radius 3 is 2.78 bits per heavy atom. The summed E-state index contributed by atoms with van der Waals surface area (Å²) in [6, 6.07) is 9.98. The molecule has 0 unspecified atom stereocenters. The highest BCUT2D eigenvalue weighted by Gasteiger charge is 2.00. The molecule has 0 radical (unpaired) electrons. The summed E-state index contributed by atoms with van der Waals surface area (Å²) in [7, 11) is 0. The molecule has 0 fully saturated rings. The van der Waals surface area contributed by atoms with Gasteiger partial charge in [-0.1, -0.05) is 34.1 Å². The molecular formula is C13H15BrN4. The van der Waals surface area contributed by atoms with Crippen LogP contribution in [0.1, 0.15) is 12.5 Å². The Morgan fingerprint density at radius 1 is 1.17 bits per heavy atom. The van der Waals surface area contributed by atoms with Gasteiger partial charge < -0.3 is 10.6 Å². The molecule has 4 nitrogen and oxygen atoms in total. The van der Waals surface area contributed by atoms with E-state index >= 15 is 0 Å². The second-order valence-electron chi connectivity index (χ2n) is 3.74. The Kier molecular flexibility index (Phi) is 4.52. The highest BCUT2D eigenvalue weighted by Crippen LogP contribution is 2.17. The van der Waals surface area contributed by atoms with Crippen molar-refractivity contribution in [3.8, 4) is 0 Å². The second kappa shape index (κ2) is 6.35. The van der Waals surface area contributed by atoms with Crippen LogP contribution in [0.5, 0.6) is 0 Å². The molecule has 0 bridgehead atoms. The van der Waals surface area contributed by atoms with Crippen LogP contribution in [0.3, 0.4) is 0 Å². The quantitative estimate of drug-likeness (QED) is 0.890. The van der Waals surface area contributed by atoms with Gasteiger partial charge in [-0.15, -0.1) is 0 Å². The van der Waals surface area contributed by atoms with Crippen molar-refractivity contribution < 1.29 is 0 Å². The summed E-state index contributed by atoms with van der Waals surface area (Å²) in [5.41, 5.74) is 1.20. The lowest BCUT2D eigenvalue weighted by molar-refractivity contribution is 1.05. The van der Waals surface area contributed by atoms with Gasteiger partial charge in [0.2, 0.25) is 5.95 Å². The third-order valence-corrected chi connectivity index (χ3v) is 3.18. The lowest BCUT2D eigenvalue weighted by Gasteiger charge is -2.08. The van der Waals surface area contributed by atoms with Crippen LogP contribution in [0.25, 0.3) is 0 Å². The minimum atomic E-state index is 0.648. The Labute approximate surface area is 115 Å². The fraction of sp³-hybridized carbons (Fsp3) is 0.231. The van der Waals surface area contributed by atoms with Crippen LogP contribution < -0.4 is 10.6 Å². The number of hydrogen-bond donors (Lipinski definition) is 2. The van der Waals surface area contributed by atoms with Crippen LogP contribution >= 0.6 is 15.9 Å². The molecule has 2 N–H and O–H groups in total. The van der Waals surface area contributed by atoms with E-state index in [-0.39, 0.29) is 0 Å². The van der Waals surface area contributed by atoms with E-state index < -0.39 is 0 Å². The Hall–Kier alpha value is -1.62. The largest absolute Gasteiger partial charge is 0.366 e. The number of rotatable bonds is 5. The summed E-state index contributed by atoms with van der Waals surface area (Å²) in [5, 5.41) is 6.37. The first-order valence-electron chi connectivity index (χ1n) is 5.84. The fourth-order valence-electron chi connectivity index (χ4n) is 1.53. The highest BCUT2D eigenvalue weighted by atomic mass is 79.9. The van der Waals surface area contributed by atoms with Crippen molar-refractivity contribution in [2.24, 2.45) is 0 Å². The number of hydrogen-bond acceptors (Lipinski definition) is 4. The summed E-state index contributed by atoms with van der Waals surface area (Å²) in [6.45, 7) is 3.56. The van der Waals surface area contributed by atoms with Crippen molar-refractivity contribution in [3.63, 3.8) is 0 Å². The maximum atomic E-state index is 4.36. The fourth-order valence-corrected chi connectivity index (χ4v) is 1.95. The van der Waals surface area contributed by atoms with Gasteiger partial charge in [-0.05, 0) is 24.6 Å². The van der Waals surface area contributed by atoms with Crippen LogP contribution in [0.4, 0.5) is 11.8 Å². The van der Waals surface area contributed by atoms with Crippen molar-refractivity contribution in [1.29, 1.82) is 0 Å². The maximum absolute atomic E-state index is 4.36. The van der Waals surface area contributed by atoms with E-state index in [1.54, 1.807) is 6.20 Å². The van der Waals surface area contributed by atoms with Gasteiger partial charge >= 0.3 is 0 Å². The van der Waals surface area contributed by atoms with Gasteiger partial charge in [0.15, 0.2) is 0 Å². The van der Waals surface area contributed by atoms with Crippen LogP contribution in [0.15, 0.2) is 41.0 Å². The lowest BCUT2D eigenvalue weighted by Crippen LogP contribution is -2.06. The third kappa shape index (κ3) is 3.43. The number of anilines is 2. The topological polar surface area (TPSA) is 49.8 Å². The number of halogens is 1. The first-order valence-corrected chi connectivity index (χ1v) is 6.63. The van der Waals surface area contributed by atoms with Crippen molar-refractivity contribution in [2.75, 3.05) is 17.2 Å². The predicted octanol–water partition coefficient (Wildman–Crippen LogP) is 3.28. The summed E-state index contributed by atoms with van der Waals surface area (Å²) in [6.07, 6.45) is 1.74. The highest BCUT2D eigenvalue weighted by molar-refractivity contribution is 9.10. The first kappa shape index (κ1) is 12.8. The molecule has 2 aromatic rings. The maximum Gasteiger partial charge on any atom is 0.224 e. The van der Waals surface area contributed by atoms with Gasteiger partial charge in [0.25, 0.3) is 0 Å². The first-order chi connectivity index (χ1) is 8.79. The molecule has 0 amide bonds. The number of nitrogens with one attached hydrogen (secondary N) is 2. The van der Waals surface area contributed by atoms with E-state index in [4.69, 9.17) is 0 Å². The summed E-state index contributed by atoms with van der Waals surface area (Å²) in [4.78, 5) is 8.49. The SMILES string of the molecule is CCNc1nccc(NCc2ccccc2Br)n1. The summed E-state index contributed by atoms with van der Waals surface area (Å²) in [5.74, 6) is 1.46. The molecule has 0 saturated carbocycles. The van der Waals surface area contributed by atoms with Gasteiger partial charge in [-0.25, -0.2) is 4.98 Å². The standard InChI is InChI=1S/C13H15BrN4/c1-2-15-13-16-8-7-12(18-13)17-9-10-5-3-4-6-11(10)14/h3-8H,2,9H2,1H3,(H2,15,16,17,18). The predicted molar refractivity (Wildman–Crippen MR) is 77.7 cm³/mol. The third-order valence-electron chi connectivity index (χ3n) is 2.41. The molecule has 0 aliphatic carbocycles. The minimum absolute atomic E-state index is 0.648. The number of aromatic nitrogens is 2. The molecule has 0 aliphatic heterocycles. The van der Waals surface area contributed by atoms with Crippen LogP contribution in [0, 0.1) is 0 Å². The summed E-state index contributed by atoms with van der Waals surface area (Å²) >= 11 is 3.52. The van der Waals surface area contributed by atoms with Crippen LogP contribution in [-0.2, 0) is 6.54 Å². The molecule has 18 heavy (non-hydrogen) atoms.